The standard InChI is InChI=1S/C14H14/c1-11-8-12(2)10-14(9-11)13-6-4-3-5-7-13/h3-10H,1-2H3. The predicted octanol–water partition coefficient (Wildman–Crippen LogP) is 3.97. The highest BCUT2D eigenvalue weighted by Crippen LogP contribution is 2.21. The van der Waals surface area contributed by atoms with Gasteiger partial charge in [0, 0.05) is 0 Å². The number of aryl methyl sites for hydroxylation is 2. The Morgan fingerprint density at radius 2 is 1.21 bits per heavy atom. The maximum Gasteiger partial charge on any atom is -0.0179 e. The van der Waals surface area contributed by atoms with E-state index in [1.807, 2.05) is 6.07 Å². The third kappa shape index (κ3) is 1.85. The van der Waals surface area contributed by atoms with Crippen LogP contribution in [0, 0.1) is 13.8 Å². The molecule has 0 bridgehead atoms. The second-order valence-electron chi connectivity index (χ2n) is 3.74. The van der Waals surface area contributed by atoms with E-state index in [0.717, 1.165) is 0 Å². The monoisotopic (exact) mass is 182 g/mol. The lowest BCUT2D eigenvalue weighted by molar-refractivity contribution is 1.38. The van der Waals surface area contributed by atoms with Crippen LogP contribution in [0.4, 0.5) is 0 Å². The van der Waals surface area contributed by atoms with Crippen LogP contribution in [0.25, 0.3) is 11.1 Å². The Balaban J connectivity index is 2.52. The summed E-state index contributed by atoms with van der Waals surface area (Å²) in [6.45, 7) is 4.28. The van der Waals surface area contributed by atoms with Gasteiger partial charge in [-0.05, 0) is 25.0 Å². The number of hydrogen-bond acceptors (Lipinski definition) is 0. The van der Waals surface area contributed by atoms with Gasteiger partial charge in [-0.1, -0.05) is 59.7 Å². The topological polar surface area (TPSA) is 0 Å². The van der Waals surface area contributed by atoms with Crippen LogP contribution < -0.4 is 0 Å². The summed E-state index contributed by atoms with van der Waals surface area (Å²) in [4.78, 5) is 0. The van der Waals surface area contributed by atoms with Crippen LogP contribution in [0.1, 0.15) is 11.1 Å². The van der Waals surface area contributed by atoms with Crippen molar-refractivity contribution in [3.05, 3.63) is 59.7 Å². The van der Waals surface area contributed by atoms with Gasteiger partial charge in [0.1, 0.15) is 0 Å². The summed E-state index contributed by atoms with van der Waals surface area (Å²) in [5.41, 5.74) is 5.25. The normalized spacial score (nSPS) is 10.1. The van der Waals surface area contributed by atoms with Crippen molar-refractivity contribution in [1.29, 1.82) is 0 Å². The van der Waals surface area contributed by atoms with Gasteiger partial charge in [0.2, 0.25) is 0 Å². The first-order valence-electron chi connectivity index (χ1n) is 4.89. The Hall–Kier alpha value is -1.56. The van der Waals surface area contributed by atoms with Gasteiger partial charge in [0.15, 0.2) is 0 Å². The van der Waals surface area contributed by atoms with Crippen molar-refractivity contribution in [3.8, 4) is 11.1 Å². The molecular formula is C14H14. The molecule has 0 aliphatic rings. The molecular weight excluding hydrogens is 168 g/mol. The Morgan fingerprint density at radius 3 is 1.79 bits per heavy atom. The molecule has 0 aliphatic heterocycles. The molecule has 0 N–H and O–H groups in total. The Bertz CT molecular complexity index is 407. The van der Waals surface area contributed by atoms with Crippen molar-refractivity contribution in [2.45, 2.75) is 13.8 Å². The first-order valence-corrected chi connectivity index (χ1v) is 4.89. The Labute approximate surface area is 85.2 Å². The van der Waals surface area contributed by atoms with Gasteiger partial charge in [-0.15, -0.1) is 0 Å². The highest BCUT2D eigenvalue weighted by atomic mass is 14.0. The summed E-state index contributed by atoms with van der Waals surface area (Å²) in [5.74, 6) is 0. The first kappa shape index (κ1) is 9.01. The zero-order valence-electron chi connectivity index (χ0n) is 8.62. The average molecular weight is 182 g/mol. The molecule has 0 radical (unpaired) electrons. The minimum absolute atomic E-state index is 1.29. The quantitative estimate of drug-likeness (QED) is 0.626. The molecule has 0 heterocycles. The molecule has 14 heavy (non-hydrogen) atoms. The molecule has 0 amide bonds. The molecule has 0 saturated carbocycles. The van der Waals surface area contributed by atoms with Crippen LogP contribution in [0.5, 0.6) is 0 Å². The zero-order valence-corrected chi connectivity index (χ0v) is 8.62. The average Bonchev–Trinajstić information content (AvgIpc) is 2.18. The lowest BCUT2D eigenvalue weighted by atomic mass is 10.0. The molecule has 2 rings (SSSR count). The summed E-state index contributed by atoms with van der Waals surface area (Å²) in [6, 6.07) is 17.1. The van der Waals surface area contributed by atoms with E-state index in [0.29, 0.717) is 0 Å². The minimum Gasteiger partial charge on any atom is -0.0622 e. The molecule has 2 aromatic rings. The fourth-order valence-electron chi connectivity index (χ4n) is 1.77. The van der Waals surface area contributed by atoms with Gasteiger partial charge >= 0.3 is 0 Å². The van der Waals surface area contributed by atoms with E-state index in [4.69, 9.17) is 0 Å². The van der Waals surface area contributed by atoms with E-state index in [9.17, 15) is 0 Å². The van der Waals surface area contributed by atoms with E-state index in [1.165, 1.54) is 22.3 Å². The van der Waals surface area contributed by atoms with Crippen LogP contribution in [-0.2, 0) is 0 Å². The van der Waals surface area contributed by atoms with Crippen LogP contribution >= 0.6 is 0 Å². The van der Waals surface area contributed by atoms with Crippen molar-refractivity contribution in [2.24, 2.45) is 0 Å². The molecule has 70 valence electrons. The van der Waals surface area contributed by atoms with E-state index >= 15 is 0 Å². The van der Waals surface area contributed by atoms with E-state index in [1.54, 1.807) is 0 Å². The van der Waals surface area contributed by atoms with Crippen molar-refractivity contribution in [2.75, 3.05) is 0 Å². The summed E-state index contributed by atoms with van der Waals surface area (Å²) in [5, 5.41) is 0. The minimum atomic E-state index is 1.29. The summed E-state index contributed by atoms with van der Waals surface area (Å²) in [6.07, 6.45) is 0. The van der Waals surface area contributed by atoms with Gasteiger partial charge < -0.3 is 0 Å². The van der Waals surface area contributed by atoms with Gasteiger partial charge in [-0.3, -0.25) is 0 Å². The lowest BCUT2D eigenvalue weighted by Crippen LogP contribution is -1.81. The number of benzene rings is 2. The second kappa shape index (κ2) is 3.67. The Morgan fingerprint density at radius 1 is 0.643 bits per heavy atom. The van der Waals surface area contributed by atoms with E-state index < -0.39 is 0 Å². The molecule has 0 atom stereocenters. The second-order valence-corrected chi connectivity index (χ2v) is 3.74. The molecule has 0 heteroatoms. The number of hydrogen-bond donors (Lipinski definition) is 0. The van der Waals surface area contributed by atoms with Gasteiger partial charge in [-0.25, -0.2) is 0 Å². The SMILES string of the molecule is Cc1cc(C)cc(-c2ccccc2)c1. The van der Waals surface area contributed by atoms with Gasteiger partial charge in [-0.2, -0.15) is 0 Å². The third-order valence-electron chi connectivity index (χ3n) is 2.33. The van der Waals surface area contributed by atoms with Crippen molar-refractivity contribution in [1.82, 2.24) is 0 Å². The zero-order chi connectivity index (χ0) is 9.97. The van der Waals surface area contributed by atoms with Crippen molar-refractivity contribution < 1.29 is 0 Å². The summed E-state index contributed by atoms with van der Waals surface area (Å²) in [7, 11) is 0. The largest absolute Gasteiger partial charge is 0.0622 e. The molecule has 0 unspecified atom stereocenters. The van der Waals surface area contributed by atoms with E-state index in [2.05, 4.69) is 56.3 Å². The third-order valence-corrected chi connectivity index (χ3v) is 2.33. The van der Waals surface area contributed by atoms with Crippen LogP contribution in [-0.4, -0.2) is 0 Å². The van der Waals surface area contributed by atoms with Crippen LogP contribution in [0.3, 0.4) is 0 Å². The molecule has 2 aromatic carbocycles. The lowest BCUT2D eigenvalue weighted by Gasteiger charge is -2.04. The molecule has 0 aromatic heterocycles. The predicted molar refractivity (Wildman–Crippen MR) is 61.4 cm³/mol. The molecule has 0 nitrogen and oxygen atoms in total. The maximum absolute atomic E-state index is 2.22. The van der Waals surface area contributed by atoms with Crippen LogP contribution in [0.15, 0.2) is 48.5 Å². The van der Waals surface area contributed by atoms with Crippen molar-refractivity contribution in [3.63, 3.8) is 0 Å². The molecule has 0 saturated heterocycles. The Kier molecular flexibility index (Phi) is 2.36. The number of rotatable bonds is 1. The highest BCUT2D eigenvalue weighted by Gasteiger charge is 1.97. The van der Waals surface area contributed by atoms with E-state index in [-0.39, 0.29) is 0 Å². The van der Waals surface area contributed by atoms with Crippen LogP contribution in [0.2, 0.25) is 0 Å². The first-order chi connectivity index (χ1) is 6.75. The maximum atomic E-state index is 2.22. The van der Waals surface area contributed by atoms with Gasteiger partial charge in [0.05, 0.1) is 0 Å². The van der Waals surface area contributed by atoms with Gasteiger partial charge in [0.25, 0.3) is 0 Å². The molecule has 0 aliphatic carbocycles. The summed E-state index contributed by atoms with van der Waals surface area (Å²) >= 11 is 0. The smallest absolute Gasteiger partial charge is 0.0179 e. The molecule has 0 fully saturated rings. The summed E-state index contributed by atoms with van der Waals surface area (Å²) < 4.78 is 0. The fraction of sp³-hybridized carbons (Fsp3) is 0.143. The highest BCUT2D eigenvalue weighted by molar-refractivity contribution is 5.64. The molecule has 0 spiro atoms. The fourth-order valence-corrected chi connectivity index (χ4v) is 1.77. The van der Waals surface area contributed by atoms with Crippen molar-refractivity contribution >= 4 is 0 Å².